The molecule has 5 nitrogen and oxygen atoms in total. The molecule has 0 radical (unpaired) electrons. The molecule has 0 aromatic heterocycles. The lowest BCUT2D eigenvalue weighted by Gasteiger charge is -2.28. The van der Waals surface area contributed by atoms with Crippen LogP contribution in [0.2, 0.25) is 5.02 Å². The SMILES string of the molecule is COC(=O)CN(C(=O)C(C)Oc1ccccc1Cl)C(C)C. The number of para-hydroxylation sites is 1. The van der Waals surface area contributed by atoms with Gasteiger partial charge in [0.15, 0.2) is 6.10 Å². The Balaban J connectivity index is 2.79. The number of benzene rings is 1. The van der Waals surface area contributed by atoms with E-state index in [0.717, 1.165) is 0 Å². The molecule has 1 atom stereocenters. The number of rotatable bonds is 6. The third kappa shape index (κ3) is 4.93. The number of methoxy groups -OCH3 is 1. The van der Waals surface area contributed by atoms with Gasteiger partial charge in [-0.2, -0.15) is 0 Å². The van der Waals surface area contributed by atoms with E-state index >= 15 is 0 Å². The van der Waals surface area contributed by atoms with Crippen molar-refractivity contribution in [2.45, 2.75) is 32.9 Å². The highest BCUT2D eigenvalue weighted by Crippen LogP contribution is 2.24. The fraction of sp³-hybridized carbons (Fsp3) is 0.467. The summed E-state index contributed by atoms with van der Waals surface area (Å²) < 4.78 is 10.2. The van der Waals surface area contributed by atoms with Gasteiger partial charge in [-0.05, 0) is 32.9 Å². The first-order chi connectivity index (χ1) is 9.86. The second-order valence-electron chi connectivity index (χ2n) is 4.83. The maximum Gasteiger partial charge on any atom is 0.325 e. The van der Waals surface area contributed by atoms with E-state index in [1.165, 1.54) is 12.0 Å². The molecule has 1 rings (SSSR count). The number of hydrogen-bond donors (Lipinski definition) is 0. The summed E-state index contributed by atoms with van der Waals surface area (Å²) in [5.74, 6) is -0.334. The third-order valence-corrected chi connectivity index (χ3v) is 3.23. The van der Waals surface area contributed by atoms with Crippen LogP contribution in [0.1, 0.15) is 20.8 Å². The van der Waals surface area contributed by atoms with E-state index in [4.69, 9.17) is 16.3 Å². The van der Waals surface area contributed by atoms with Crippen LogP contribution in [0.3, 0.4) is 0 Å². The lowest BCUT2D eigenvalue weighted by atomic mass is 10.2. The molecule has 0 saturated heterocycles. The van der Waals surface area contributed by atoms with Gasteiger partial charge in [0, 0.05) is 6.04 Å². The standard InChI is InChI=1S/C15H20ClNO4/c1-10(2)17(9-14(18)20-4)15(19)11(3)21-13-8-6-5-7-12(13)16/h5-8,10-11H,9H2,1-4H3. The van der Waals surface area contributed by atoms with Crippen LogP contribution < -0.4 is 4.74 Å². The van der Waals surface area contributed by atoms with Crippen molar-refractivity contribution in [3.05, 3.63) is 29.3 Å². The minimum absolute atomic E-state index is 0.108. The molecule has 1 amide bonds. The summed E-state index contributed by atoms with van der Waals surface area (Å²) in [6.07, 6.45) is -0.753. The van der Waals surface area contributed by atoms with Crippen molar-refractivity contribution in [2.75, 3.05) is 13.7 Å². The highest BCUT2D eigenvalue weighted by atomic mass is 35.5. The van der Waals surface area contributed by atoms with E-state index in [1.54, 1.807) is 31.2 Å². The Bertz CT molecular complexity index is 504. The lowest BCUT2D eigenvalue weighted by molar-refractivity contribution is -0.150. The number of nitrogens with zero attached hydrogens (tertiary/aromatic N) is 1. The summed E-state index contributed by atoms with van der Waals surface area (Å²) in [6.45, 7) is 5.16. The molecule has 0 fully saturated rings. The Labute approximate surface area is 129 Å². The molecule has 1 unspecified atom stereocenters. The van der Waals surface area contributed by atoms with Gasteiger partial charge in [-0.1, -0.05) is 23.7 Å². The number of halogens is 1. The molecule has 0 bridgehead atoms. The molecule has 1 aromatic carbocycles. The smallest absolute Gasteiger partial charge is 0.325 e. The van der Waals surface area contributed by atoms with Gasteiger partial charge >= 0.3 is 5.97 Å². The van der Waals surface area contributed by atoms with Crippen molar-refractivity contribution in [1.29, 1.82) is 0 Å². The zero-order chi connectivity index (χ0) is 16.0. The number of ether oxygens (including phenoxy) is 2. The summed E-state index contributed by atoms with van der Waals surface area (Å²) in [5, 5.41) is 0.432. The quantitative estimate of drug-likeness (QED) is 0.757. The topological polar surface area (TPSA) is 55.8 Å². The van der Waals surface area contributed by atoms with Gasteiger partial charge in [0.2, 0.25) is 0 Å². The van der Waals surface area contributed by atoms with E-state index in [0.29, 0.717) is 10.8 Å². The number of carbonyl (C=O) groups is 2. The summed E-state index contributed by atoms with van der Waals surface area (Å²) in [5.41, 5.74) is 0. The van der Waals surface area contributed by atoms with Crippen molar-refractivity contribution in [1.82, 2.24) is 4.90 Å². The molecule has 6 heteroatoms. The van der Waals surface area contributed by atoms with E-state index < -0.39 is 12.1 Å². The summed E-state index contributed by atoms with van der Waals surface area (Å²) >= 11 is 6.00. The fourth-order valence-corrected chi connectivity index (χ4v) is 1.91. The van der Waals surface area contributed by atoms with Crippen LogP contribution in [0.5, 0.6) is 5.75 Å². The molecule has 0 aliphatic rings. The van der Waals surface area contributed by atoms with Crippen LogP contribution in [-0.2, 0) is 14.3 Å². The fourth-order valence-electron chi connectivity index (χ4n) is 1.73. The first kappa shape index (κ1) is 17.3. The highest BCUT2D eigenvalue weighted by Gasteiger charge is 2.26. The molecule has 0 aliphatic carbocycles. The van der Waals surface area contributed by atoms with Crippen LogP contribution in [0.15, 0.2) is 24.3 Å². The number of hydrogen-bond acceptors (Lipinski definition) is 4. The van der Waals surface area contributed by atoms with Gasteiger partial charge in [0.05, 0.1) is 12.1 Å². The number of carbonyl (C=O) groups excluding carboxylic acids is 2. The highest BCUT2D eigenvalue weighted by molar-refractivity contribution is 6.32. The first-order valence-corrected chi connectivity index (χ1v) is 7.03. The van der Waals surface area contributed by atoms with Gasteiger partial charge in [-0.15, -0.1) is 0 Å². The zero-order valence-corrected chi connectivity index (χ0v) is 13.4. The Morgan fingerprint density at radius 1 is 1.24 bits per heavy atom. The van der Waals surface area contributed by atoms with Crippen LogP contribution >= 0.6 is 11.6 Å². The van der Waals surface area contributed by atoms with E-state index in [-0.39, 0.29) is 18.5 Å². The average molecular weight is 314 g/mol. The number of amides is 1. The molecule has 0 saturated carbocycles. The Morgan fingerprint density at radius 2 is 1.86 bits per heavy atom. The summed E-state index contributed by atoms with van der Waals surface area (Å²) in [6, 6.07) is 6.77. The van der Waals surface area contributed by atoms with E-state index in [2.05, 4.69) is 4.74 Å². The van der Waals surface area contributed by atoms with Gasteiger partial charge in [0.25, 0.3) is 5.91 Å². The molecule has 0 aliphatic heterocycles. The predicted octanol–water partition coefficient (Wildman–Crippen LogP) is 2.52. The average Bonchev–Trinajstić information content (AvgIpc) is 2.45. The second kappa shape index (κ2) is 7.88. The molecule has 0 heterocycles. The minimum atomic E-state index is -0.753. The Hall–Kier alpha value is -1.75. The molecule has 1 aromatic rings. The molecule has 0 N–H and O–H groups in total. The Kier molecular flexibility index (Phi) is 6.49. The zero-order valence-electron chi connectivity index (χ0n) is 12.6. The Morgan fingerprint density at radius 3 is 2.38 bits per heavy atom. The molecular weight excluding hydrogens is 294 g/mol. The maximum absolute atomic E-state index is 12.4. The van der Waals surface area contributed by atoms with Crippen molar-refractivity contribution in [2.24, 2.45) is 0 Å². The molecule has 0 spiro atoms. The van der Waals surface area contributed by atoms with E-state index in [1.807, 2.05) is 13.8 Å². The first-order valence-electron chi connectivity index (χ1n) is 6.65. The maximum atomic E-state index is 12.4. The molecule has 116 valence electrons. The lowest BCUT2D eigenvalue weighted by Crippen LogP contribution is -2.47. The molecule has 21 heavy (non-hydrogen) atoms. The van der Waals surface area contributed by atoms with Crippen molar-refractivity contribution in [3.8, 4) is 5.75 Å². The second-order valence-corrected chi connectivity index (χ2v) is 5.23. The minimum Gasteiger partial charge on any atom is -0.479 e. The number of esters is 1. The van der Waals surface area contributed by atoms with Gasteiger partial charge < -0.3 is 14.4 Å². The van der Waals surface area contributed by atoms with Crippen molar-refractivity contribution >= 4 is 23.5 Å². The summed E-state index contributed by atoms with van der Waals surface area (Å²) in [7, 11) is 1.29. The predicted molar refractivity (Wildman–Crippen MR) is 80.4 cm³/mol. The van der Waals surface area contributed by atoms with Crippen LogP contribution in [0.4, 0.5) is 0 Å². The normalized spacial score (nSPS) is 11.9. The largest absolute Gasteiger partial charge is 0.479 e. The summed E-state index contributed by atoms with van der Waals surface area (Å²) in [4.78, 5) is 25.2. The molecular formula is C15H20ClNO4. The van der Waals surface area contributed by atoms with E-state index in [9.17, 15) is 9.59 Å². The monoisotopic (exact) mass is 313 g/mol. The van der Waals surface area contributed by atoms with Gasteiger partial charge in [-0.25, -0.2) is 0 Å². The van der Waals surface area contributed by atoms with Crippen LogP contribution in [-0.4, -0.2) is 42.6 Å². The van der Waals surface area contributed by atoms with Crippen LogP contribution in [0.25, 0.3) is 0 Å². The van der Waals surface area contributed by atoms with Crippen molar-refractivity contribution in [3.63, 3.8) is 0 Å². The third-order valence-electron chi connectivity index (χ3n) is 2.92. The van der Waals surface area contributed by atoms with Gasteiger partial charge in [0.1, 0.15) is 12.3 Å². The van der Waals surface area contributed by atoms with Crippen molar-refractivity contribution < 1.29 is 19.1 Å². The van der Waals surface area contributed by atoms with Gasteiger partial charge in [-0.3, -0.25) is 9.59 Å². The van der Waals surface area contributed by atoms with Crippen LogP contribution in [0, 0.1) is 0 Å².